The van der Waals surface area contributed by atoms with E-state index in [1.165, 1.54) is 24.3 Å². The van der Waals surface area contributed by atoms with E-state index < -0.39 is 0 Å². The average Bonchev–Trinajstić information content (AvgIpc) is 3.02. The van der Waals surface area contributed by atoms with Crippen molar-refractivity contribution in [2.24, 2.45) is 0 Å². The number of fused-ring (bicyclic) bond motifs is 3. The Morgan fingerprint density at radius 3 is 2.46 bits per heavy atom. The highest BCUT2D eigenvalue weighted by molar-refractivity contribution is 6.07. The Balaban J connectivity index is 1.59. The summed E-state index contributed by atoms with van der Waals surface area (Å²) in [6.07, 6.45) is 5.79. The van der Waals surface area contributed by atoms with Crippen LogP contribution in [-0.2, 0) is 4.74 Å². The van der Waals surface area contributed by atoms with E-state index in [4.69, 9.17) is 4.74 Å². The number of nitrogens with zero attached hydrogens (tertiary/aromatic N) is 2. The summed E-state index contributed by atoms with van der Waals surface area (Å²) in [6, 6.07) is 8.51. The Morgan fingerprint density at radius 2 is 1.79 bits per heavy atom. The average molecular weight is 326 g/mol. The smallest absolute Gasteiger partial charge is 0.340 e. The third kappa shape index (κ3) is 2.44. The van der Waals surface area contributed by atoms with Crippen molar-refractivity contribution < 1.29 is 14.3 Å². The topological polar surface area (TPSA) is 51.5 Å². The molecule has 0 aliphatic carbocycles. The Morgan fingerprint density at radius 1 is 1.12 bits per heavy atom. The monoisotopic (exact) mass is 326 g/mol. The second kappa shape index (κ2) is 5.74. The summed E-state index contributed by atoms with van der Waals surface area (Å²) in [7, 11) is 2.17. The summed E-state index contributed by atoms with van der Waals surface area (Å²) in [5.74, 6) is -0.428. The molecule has 0 saturated carbocycles. The maximum Gasteiger partial charge on any atom is 0.340 e. The Labute approximate surface area is 141 Å². The van der Waals surface area contributed by atoms with E-state index in [1.54, 1.807) is 6.20 Å². The number of esters is 1. The van der Waals surface area contributed by atoms with E-state index >= 15 is 0 Å². The summed E-state index contributed by atoms with van der Waals surface area (Å²) in [5, 5.41) is 0.772. The molecule has 1 aromatic heterocycles. The molecule has 2 aromatic rings. The van der Waals surface area contributed by atoms with E-state index in [0.29, 0.717) is 17.6 Å². The highest BCUT2D eigenvalue weighted by Crippen LogP contribution is 2.36. The number of carbonyl (C=O) groups excluding carboxylic acids is 2. The lowest BCUT2D eigenvalue weighted by molar-refractivity contribution is -0.000267. The lowest BCUT2D eigenvalue weighted by atomic mass is 10.0. The number of carbonyl (C=O) groups is 2. The molecule has 2 fully saturated rings. The first-order valence-corrected chi connectivity index (χ1v) is 8.58. The van der Waals surface area contributed by atoms with Gasteiger partial charge in [-0.05, 0) is 26.0 Å². The third-order valence-electron chi connectivity index (χ3n) is 5.60. The molecule has 5 heteroatoms. The van der Waals surface area contributed by atoms with Crippen molar-refractivity contribution in [3.05, 3.63) is 36.0 Å². The first kappa shape index (κ1) is 15.4. The Bertz CT molecular complexity index is 796. The highest BCUT2D eigenvalue weighted by atomic mass is 16.5. The largest absolute Gasteiger partial charge is 0.459 e. The van der Waals surface area contributed by atoms with Crippen LogP contribution < -0.4 is 0 Å². The van der Waals surface area contributed by atoms with E-state index in [0.717, 1.165) is 23.7 Å². The number of aromatic nitrogens is 1. The van der Waals surface area contributed by atoms with E-state index in [2.05, 4.69) is 11.9 Å². The van der Waals surface area contributed by atoms with Gasteiger partial charge in [0, 0.05) is 43.4 Å². The van der Waals surface area contributed by atoms with Gasteiger partial charge in [-0.2, -0.15) is 0 Å². The number of ether oxygens (including phenoxy) is 1. The minimum Gasteiger partial charge on any atom is -0.459 e. The normalized spacial score (nSPS) is 26.7. The molecule has 1 aromatic carbocycles. The second-order valence-electron chi connectivity index (χ2n) is 7.00. The summed E-state index contributed by atoms with van der Waals surface area (Å²) in [5.41, 5.74) is 1.23. The maximum atomic E-state index is 12.7. The van der Waals surface area contributed by atoms with Crippen LogP contribution in [0.3, 0.4) is 0 Å². The minimum absolute atomic E-state index is 0.0226. The molecule has 2 aliphatic heterocycles. The number of hydrogen-bond acceptors (Lipinski definition) is 4. The van der Waals surface area contributed by atoms with Gasteiger partial charge < -0.3 is 9.64 Å². The summed E-state index contributed by atoms with van der Waals surface area (Å²) in [6.45, 7) is 1.50. The Hall–Kier alpha value is -2.14. The first-order chi connectivity index (χ1) is 11.5. The van der Waals surface area contributed by atoms with Crippen molar-refractivity contribution in [3.63, 3.8) is 0 Å². The quantitative estimate of drug-likeness (QED) is 0.796. The van der Waals surface area contributed by atoms with Crippen molar-refractivity contribution in [1.82, 2.24) is 9.47 Å². The van der Waals surface area contributed by atoms with Crippen LogP contribution in [0.25, 0.3) is 10.9 Å². The second-order valence-corrected chi connectivity index (χ2v) is 7.00. The zero-order valence-electron chi connectivity index (χ0n) is 14.1. The Kier molecular flexibility index (Phi) is 3.68. The van der Waals surface area contributed by atoms with Crippen LogP contribution in [0.1, 0.15) is 47.8 Å². The molecule has 126 valence electrons. The molecular weight excluding hydrogens is 304 g/mol. The molecule has 0 radical (unpaired) electrons. The lowest BCUT2D eigenvalue weighted by Gasteiger charge is -2.35. The SMILES string of the molecule is CC(=O)n1cc(C(=O)OC2CC3CCC(C2)N3C)c2ccccc21. The van der Waals surface area contributed by atoms with Gasteiger partial charge in [0.15, 0.2) is 0 Å². The van der Waals surface area contributed by atoms with Crippen LogP contribution in [-0.4, -0.2) is 46.6 Å². The molecule has 0 amide bonds. The van der Waals surface area contributed by atoms with Gasteiger partial charge in [0.2, 0.25) is 5.91 Å². The van der Waals surface area contributed by atoms with Crippen LogP contribution in [0.5, 0.6) is 0 Å². The zero-order chi connectivity index (χ0) is 16.8. The fourth-order valence-corrected chi connectivity index (χ4v) is 4.28. The molecule has 3 heterocycles. The van der Waals surface area contributed by atoms with Crippen LogP contribution in [0.15, 0.2) is 30.5 Å². The van der Waals surface area contributed by atoms with Crippen LogP contribution >= 0.6 is 0 Å². The molecule has 0 N–H and O–H groups in total. The van der Waals surface area contributed by atoms with Gasteiger partial charge in [-0.1, -0.05) is 18.2 Å². The summed E-state index contributed by atoms with van der Waals surface area (Å²) >= 11 is 0. The standard InChI is InChI=1S/C19H22N2O3/c1-12(22)21-11-17(16-5-3-4-6-18(16)21)19(23)24-15-9-13-7-8-14(10-15)20(13)2/h3-6,11,13-15H,7-10H2,1-2H3. The maximum absolute atomic E-state index is 12.7. The van der Waals surface area contributed by atoms with Crippen LogP contribution in [0, 0.1) is 0 Å². The van der Waals surface area contributed by atoms with Crippen molar-refractivity contribution >= 4 is 22.8 Å². The van der Waals surface area contributed by atoms with Crippen molar-refractivity contribution in [3.8, 4) is 0 Å². The molecular formula is C19H22N2O3. The van der Waals surface area contributed by atoms with Crippen LogP contribution in [0.4, 0.5) is 0 Å². The van der Waals surface area contributed by atoms with Gasteiger partial charge in [0.05, 0.1) is 11.1 Å². The van der Waals surface area contributed by atoms with Crippen molar-refractivity contribution in [1.29, 1.82) is 0 Å². The fraction of sp³-hybridized carbons (Fsp3) is 0.474. The zero-order valence-corrected chi connectivity index (χ0v) is 14.1. The fourth-order valence-electron chi connectivity index (χ4n) is 4.28. The number of piperidine rings is 1. The van der Waals surface area contributed by atoms with Crippen molar-refractivity contribution in [2.75, 3.05) is 7.05 Å². The number of hydrogen-bond donors (Lipinski definition) is 0. The predicted molar refractivity (Wildman–Crippen MR) is 91.2 cm³/mol. The molecule has 2 aliphatic rings. The van der Waals surface area contributed by atoms with Crippen molar-refractivity contribution in [2.45, 2.75) is 50.8 Å². The van der Waals surface area contributed by atoms with E-state index in [-0.39, 0.29) is 18.0 Å². The third-order valence-corrected chi connectivity index (χ3v) is 5.60. The van der Waals surface area contributed by atoms with Gasteiger partial charge in [0.1, 0.15) is 6.10 Å². The van der Waals surface area contributed by atoms with Gasteiger partial charge in [-0.3, -0.25) is 9.36 Å². The van der Waals surface area contributed by atoms with Gasteiger partial charge in [-0.25, -0.2) is 4.79 Å². The van der Waals surface area contributed by atoms with Crippen LogP contribution in [0.2, 0.25) is 0 Å². The molecule has 2 saturated heterocycles. The molecule has 24 heavy (non-hydrogen) atoms. The highest BCUT2D eigenvalue weighted by Gasteiger charge is 2.40. The molecule has 5 nitrogen and oxygen atoms in total. The lowest BCUT2D eigenvalue weighted by Crippen LogP contribution is -2.43. The molecule has 2 bridgehead atoms. The molecule has 2 unspecified atom stereocenters. The van der Waals surface area contributed by atoms with Gasteiger partial charge >= 0.3 is 5.97 Å². The predicted octanol–water partition coefficient (Wildman–Crippen LogP) is 3.08. The summed E-state index contributed by atoms with van der Waals surface area (Å²) in [4.78, 5) is 27.0. The van der Waals surface area contributed by atoms with Gasteiger partial charge in [0.25, 0.3) is 0 Å². The molecule has 2 atom stereocenters. The number of para-hydroxylation sites is 1. The van der Waals surface area contributed by atoms with Gasteiger partial charge in [-0.15, -0.1) is 0 Å². The number of benzene rings is 1. The summed E-state index contributed by atoms with van der Waals surface area (Å²) < 4.78 is 7.34. The van der Waals surface area contributed by atoms with E-state index in [1.807, 2.05) is 24.3 Å². The minimum atomic E-state index is -0.319. The first-order valence-electron chi connectivity index (χ1n) is 8.58. The van der Waals surface area contributed by atoms with E-state index in [9.17, 15) is 9.59 Å². The number of rotatable bonds is 2. The molecule has 4 rings (SSSR count). The molecule has 0 spiro atoms.